The normalized spacial score (nSPS) is 12.5. The molecule has 0 fully saturated rings. The second kappa shape index (κ2) is 9.11. The van der Waals surface area contributed by atoms with E-state index in [4.69, 9.17) is 4.74 Å². The highest BCUT2D eigenvalue weighted by Crippen LogP contribution is 2.22. The Morgan fingerprint density at radius 3 is 2.47 bits per heavy atom. The van der Waals surface area contributed by atoms with Gasteiger partial charge in [0.2, 0.25) is 0 Å². The molecule has 1 amide bonds. The fourth-order valence-electron chi connectivity index (χ4n) is 2.94. The molecule has 1 heterocycles. The lowest BCUT2D eigenvalue weighted by molar-refractivity contribution is 0.0996. The van der Waals surface area contributed by atoms with Gasteiger partial charge >= 0.3 is 0 Å². The van der Waals surface area contributed by atoms with Gasteiger partial charge in [-0.05, 0) is 49.4 Å². The number of benzene rings is 2. The van der Waals surface area contributed by atoms with Crippen molar-refractivity contribution in [3.8, 4) is 0 Å². The van der Waals surface area contributed by atoms with Crippen LogP contribution in [-0.4, -0.2) is 52.5 Å². The van der Waals surface area contributed by atoms with Gasteiger partial charge in [0.1, 0.15) is 0 Å². The molecule has 0 radical (unpaired) electrons. The molecule has 3 aromatic rings. The van der Waals surface area contributed by atoms with E-state index in [1.807, 2.05) is 42.6 Å². The summed E-state index contributed by atoms with van der Waals surface area (Å²) in [6, 6.07) is 12.2. The summed E-state index contributed by atoms with van der Waals surface area (Å²) in [4.78, 5) is 19.8. The zero-order valence-electron chi connectivity index (χ0n) is 17.5. The van der Waals surface area contributed by atoms with Gasteiger partial charge in [-0.1, -0.05) is 11.3 Å². The number of aromatic nitrogens is 1. The van der Waals surface area contributed by atoms with Crippen LogP contribution in [0.25, 0.3) is 10.2 Å². The van der Waals surface area contributed by atoms with Gasteiger partial charge in [-0.25, -0.2) is 8.42 Å². The number of thiazole rings is 1. The molecule has 0 saturated heterocycles. The number of rotatable bonds is 7. The summed E-state index contributed by atoms with van der Waals surface area (Å²) >= 11 is 1.29. The molecular formula is C21H25N3O4S2. The lowest BCUT2D eigenvalue weighted by Crippen LogP contribution is -2.19. The van der Waals surface area contributed by atoms with E-state index in [9.17, 15) is 13.2 Å². The van der Waals surface area contributed by atoms with E-state index in [0.717, 1.165) is 15.9 Å². The predicted octanol–water partition coefficient (Wildman–Crippen LogP) is 2.95. The zero-order valence-corrected chi connectivity index (χ0v) is 19.1. The molecule has 0 aliphatic heterocycles. The largest absolute Gasteiger partial charge is 0.380 e. The number of carbonyl (C=O) groups excluding carboxylic acids is 1. The number of fused-ring (bicyclic) bond motifs is 1. The molecule has 0 unspecified atom stereocenters. The Morgan fingerprint density at radius 1 is 1.17 bits per heavy atom. The first-order valence-electron chi connectivity index (χ1n) is 9.48. The quantitative estimate of drug-likeness (QED) is 0.520. The summed E-state index contributed by atoms with van der Waals surface area (Å²) in [5.41, 5.74) is 2.31. The first kappa shape index (κ1) is 22.2. The van der Waals surface area contributed by atoms with E-state index in [-0.39, 0.29) is 10.8 Å². The van der Waals surface area contributed by atoms with Gasteiger partial charge in [-0.15, -0.1) is 0 Å². The first-order valence-corrected chi connectivity index (χ1v) is 12.2. The molecule has 0 aliphatic rings. The maximum atomic E-state index is 12.8. The number of sulfone groups is 1. The second-order valence-corrected chi connectivity index (χ2v) is 10.0. The lowest BCUT2D eigenvalue weighted by Gasteiger charge is -2.11. The molecule has 2 aromatic carbocycles. The molecule has 0 atom stereocenters. The van der Waals surface area contributed by atoms with Gasteiger partial charge in [0.25, 0.3) is 5.91 Å². The molecule has 0 N–H and O–H groups in total. The van der Waals surface area contributed by atoms with Crippen LogP contribution in [-0.2, 0) is 21.1 Å². The van der Waals surface area contributed by atoms with Crippen LogP contribution >= 0.6 is 11.3 Å². The number of ether oxygens (including phenoxy) is 1. The third-order valence-corrected chi connectivity index (χ3v) is 6.72. The first-order chi connectivity index (χ1) is 14.2. The Labute approximate surface area is 180 Å². The molecule has 30 heavy (non-hydrogen) atoms. The van der Waals surface area contributed by atoms with E-state index in [1.165, 1.54) is 17.6 Å². The van der Waals surface area contributed by atoms with Gasteiger partial charge in [-0.2, -0.15) is 4.99 Å². The fourth-order valence-corrected chi connectivity index (χ4v) is 4.75. The van der Waals surface area contributed by atoms with Gasteiger partial charge < -0.3 is 14.2 Å². The van der Waals surface area contributed by atoms with E-state index in [0.29, 0.717) is 30.1 Å². The summed E-state index contributed by atoms with van der Waals surface area (Å²) < 4.78 is 31.9. The van der Waals surface area contributed by atoms with Gasteiger partial charge in [-0.3, -0.25) is 4.79 Å². The summed E-state index contributed by atoms with van der Waals surface area (Å²) in [7, 11) is 0.545. The van der Waals surface area contributed by atoms with E-state index >= 15 is 0 Å². The molecule has 160 valence electrons. The van der Waals surface area contributed by atoms with Crippen LogP contribution in [0.5, 0.6) is 0 Å². The molecule has 9 heteroatoms. The summed E-state index contributed by atoms with van der Waals surface area (Å²) in [6.45, 7) is 3.48. The van der Waals surface area contributed by atoms with Crippen molar-refractivity contribution < 1.29 is 17.9 Å². The third kappa shape index (κ3) is 4.97. The number of amides is 1. The highest BCUT2D eigenvalue weighted by atomic mass is 32.2. The van der Waals surface area contributed by atoms with Crippen molar-refractivity contribution in [3.63, 3.8) is 0 Å². The Bertz CT molecular complexity index is 1220. The van der Waals surface area contributed by atoms with Crippen molar-refractivity contribution in [2.24, 2.45) is 4.99 Å². The SMILES string of the molecule is CCOCCn1c(=NC(=O)c2ccc(N(C)C)cc2)sc2cc(S(C)(=O)=O)ccc21. The van der Waals surface area contributed by atoms with Crippen LogP contribution in [0.2, 0.25) is 0 Å². The molecule has 3 rings (SSSR count). The summed E-state index contributed by atoms with van der Waals surface area (Å²) in [5.74, 6) is -0.347. The molecule has 0 bridgehead atoms. The topological polar surface area (TPSA) is 81.0 Å². The molecule has 0 spiro atoms. The van der Waals surface area contributed by atoms with Crippen molar-refractivity contribution in [1.82, 2.24) is 4.57 Å². The van der Waals surface area contributed by atoms with Crippen molar-refractivity contribution >= 4 is 43.0 Å². The van der Waals surface area contributed by atoms with E-state index in [1.54, 1.807) is 30.3 Å². The summed E-state index contributed by atoms with van der Waals surface area (Å²) in [5, 5.41) is 0. The number of hydrogen-bond acceptors (Lipinski definition) is 6. The van der Waals surface area contributed by atoms with Gasteiger partial charge in [0, 0.05) is 44.8 Å². The fraction of sp³-hybridized carbons (Fsp3) is 0.333. The maximum absolute atomic E-state index is 12.8. The third-order valence-electron chi connectivity index (χ3n) is 4.57. The molecular weight excluding hydrogens is 422 g/mol. The highest BCUT2D eigenvalue weighted by molar-refractivity contribution is 7.90. The predicted molar refractivity (Wildman–Crippen MR) is 120 cm³/mol. The Balaban J connectivity index is 2.07. The summed E-state index contributed by atoms with van der Waals surface area (Å²) in [6.07, 6.45) is 1.18. The number of nitrogens with zero attached hydrogens (tertiary/aromatic N) is 3. The minimum Gasteiger partial charge on any atom is -0.380 e. The van der Waals surface area contributed by atoms with Gasteiger partial charge in [0.05, 0.1) is 21.7 Å². The maximum Gasteiger partial charge on any atom is 0.279 e. The van der Waals surface area contributed by atoms with Crippen LogP contribution in [0, 0.1) is 0 Å². The molecule has 1 aromatic heterocycles. The molecule has 0 saturated carbocycles. The van der Waals surface area contributed by atoms with Gasteiger partial charge in [0.15, 0.2) is 14.6 Å². The van der Waals surface area contributed by atoms with Crippen LogP contribution < -0.4 is 9.70 Å². The number of hydrogen-bond donors (Lipinski definition) is 0. The van der Waals surface area contributed by atoms with E-state index in [2.05, 4.69) is 4.99 Å². The zero-order chi connectivity index (χ0) is 21.9. The Kier molecular flexibility index (Phi) is 6.74. The van der Waals surface area contributed by atoms with E-state index < -0.39 is 9.84 Å². The van der Waals surface area contributed by atoms with Crippen LogP contribution in [0.15, 0.2) is 52.4 Å². The minimum atomic E-state index is -3.32. The van der Waals surface area contributed by atoms with Crippen LogP contribution in [0.4, 0.5) is 5.69 Å². The Hall–Kier alpha value is -2.49. The highest BCUT2D eigenvalue weighted by Gasteiger charge is 2.13. The van der Waals surface area contributed by atoms with Crippen molar-refractivity contribution in [2.45, 2.75) is 18.4 Å². The van der Waals surface area contributed by atoms with Crippen molar-refractivity contribution in [1.29, 1.82) is 0 Å². The monoisotopic (exact) mass is 447 g/mol. The second-order valence-electron chi connectivity index (χ2n) is 6.99. The average Bonchev–Trinajstić information content (AvgIpc) is 3.04. The minimum absolute atomic E-state index is 0.241. The van der Waals surface area contributed by atoms with Crippen molar-refractivity contribution in [2.75, 3.05) is 38.5 Å². The smallest absolute Gasteiger partial charge is 0.279 e. The average molecular weight is 448 g/mol. The lowest BCUT2D eigenvalue weighted by atomic mass is 10.2. The molecule has 7 nitrogen and oxygen atoms in total. The number of anilines is 1. The number of carbonyl (C=O) groups is 1. The van der Waals surface area contributed by atoms with Crippen molar-refractivity contribution in [3.05, 3.63) is 52.8 Å². The van der Waals surface area contributed by atoms with Crippen LogP contribution in [0.1, 0.15) is 17.3 Å². The van der Waals surface area contributed by atoms with Crippen LogP contribution in [0.3, 0.4) is 0 Å². The Morgan fingerprint density at radius 2 is 1.87 bits per heavy atom. The standard InChI is InChI=1S/C21H25N3O4S2/c1-5-28-13-12-24-18-11-10-17(30(4,26)27)14-19(18)29-21(24)22-20(25)15-6-8-16(9-7-15)23(2)3/h6-11,14H,5,12-13H2,1-4H3. The molecule has 0 aliphatic carbocycles.